The average molecular weight is 182 g/mol. The molecule has 0 aliphatic carbocycles. The molecular weight excluding hydrogens is 172 g/mol. The zero-order chi connectivity index (χ0) is 8.97. The predicted molar refractivity (Wildman–Crippen MR) is 49.2 cm³/mol. The van der Waals surface area contributed by atoms with Crippen molar-refractivity contribution in [3.8, 4) is 0 Å². The number of thiazole rings is 1. The Morgan fingerprint density at radius 3 is 3.17 bits per heavy atom. The molecule has 1 atom stereocenters. The van der Waals surface area contributed by atoms with E-state index in [1.807, 2.05) is 6.92 Å². The zero-order valence-corrected chi connectivity index (χ0v) is 7.60. The van der Waals surface area contributed by atoms with E-state index in [9.17, 15) is 4.79 Å². The fraction of sp³-hybridized carbons (Fsp3) is 0.250. The highest BCUT2D eigenvalue weighted by atomic mass is 32.1. The molecule has 0 aliphatic heterocycles. The molecule has 4 heteroatoms. The van der Waals surface area contributed by atoms with Crippen LogP contribution in [-0.4, -0.2) is 16.9 Å². The summed E-state index contributed by atoms with van der Waals surface area (Å²) >= 11 is 1.40. The minimum atomic E-state index is -0.149. The number of carbonyl (C=O) groups excluding carboxylic acids is 1. The molecule has 3 nitrogen and oxygen atoms in total. The first-order chi connectivity index (χ1) is 5.74. The third-order valence-corrected chi connectivity index (χ3v) is 1.96. The van der Waals surface area contributed by atoms with Gasteiger partial charge in [-0.3, -0.25) is 4.79 Å². The highest BCUT2D eigenvalue weighted by Gasteiger charge is 2.08. The van der Waals surface area contributed by atoms with E-state index in [1.54, 1.807) is 17.0 Å². The first-order valence-electron chi connectivity index (χ1n) is 3.55. The molecule has 12 heavy (non-hydrogen) atoms. The van der Waals surface area contributed by atoms with Crippen molar-refractivity contribution >= 4 is 17.2 Å². The Morgan fingerprint density at radius 1 is 1.92 bits per heavy atom. The number of nitrogens with one attached hydrogen (secondary N) is 1. The van der Waals surface area contributed by atoms with Crippen molar-refractivity contribution in [1.82, 2.24) is 10.3 Å². The van der Waals surface area contributed by atoms with Crippen LogP contribution in [0.4, 0.5) is 0 Å². The number of carbonyl (C=O) groups is 1. The molecule has 0 saturated carbocycles. The molecule has 1 rings (SSSR count). The molecule has 64 valence electrons. The van der Waals surface area contributed by atoms with Crippen LogP contribution in [0, 0.1) is 0 Å². The van der Waals surface area contributed by atoms with Gasteiger partial charge in [0.2, 0.25) is 0 Å². The average Bonchev–Trinajstić information content (AvgIpc) is 2.56. The number of aromatic nitrogens is 1. The van der Waals surface area contributed by atoms with Crippen molar-refractivity contribution in [2.45, 2.75) is 13.0 Å². The SMILES string of the molecule is C=CC(C)NC(=O)c1cscn1. The van der Waals surface area contributed by atoms with Crippen LogP contribution in [-0.2, 0) is 0 Å². The Morgan fingerprint density at radius 2 is 2.67 bits per heavy atom. The van der Waals surface area contributed by atoms with Crippen molar-refractivity contribution in [3.63, 3.8) is 0 Å². The molecular formula is C8H10N2OS. The van der Waals surface area contributed by atoms with E-state index >= 15 is 0 Å². The highest BCUT2D eigenvalue weighted by molar-refractivity contribution is 7.07. The third-order valence-electron chi connectivity index (χ3n) is 1.38. The lowest BCUT2D eigenvalue weighted by Gasteiger charge is -2.06. The Balaban J connectivity index is 2.55. The molecule has 1 aromatic heterocycles. The van der Waals surface area contributed by atoms with Gasteiger partial charge in [0.15, 0.2) is 0 Å². The first kappa shape index (κ1) is 8.93. The van der Waals surface area contributed by atoms with Gasteiger partial charge in [-0.2, -0.15) is 0 Å². The van der Waals surface area contributed by atoms with Crippen LogP contribution in [0.15, 0.2) is 23.5 Å². The second-order valence-electron chi connectivity index (χ2n) is 2.37. The maximum atomic E-state index is 11.3. The summed E-state index contributed by atoms with van der Waals surface area (Å²) < 4.78 is 0. The van der Waals surface area contributed by atoms with Crippen LogP contribution >= 0.6 is 11.3 Å². The van der Waals surface area contributed by atoms with Crippen LogP contribution < -0.4 is 5.32 Å². The number of amides is 1. The summed E-state index contributed by atoms with van der Waals surface area (Å²) in [6.45, 7) is 5.42. The number of rotatable bonds is 3. The topological polar surface area (TPSA) is 42.0 Å². The fourth-order valence-corrected chi connectivity index (χ4v) is 1.20. The standard InChI is InChI=1S/C8H10N2OS/c1-3-6(2)10-8(11)7-4-12-5-9-7/h3-6H,1H2,2H3,(H,10,11). The molecule has 0 fully saturated rings. The van der Waals surface area contributed by atoms with Crippen LogP contribution in [0.5, 0.6) is 0 Å². The van der Waals surface area contributed by atoms with Gasteiger partial charge in [-0.15, -0.1) is 17.9 Å². The maximum Gasteiger partial charge on any atom is 0.271 e. The molecule has 0 aromatic carbocycles. The highest BCUT2D eigenvalue weighted by Crippen LogP contribution is 2.00. The van der Waals surface area contributed by atoms with E-state index in [0.29, 0.717) is 5.69 Å². The summed E-state index contributed by atoms with van der Waals surface area (Å²) in [6.07, 6.45) is 1.67. The van der Waals surface area contributed by atoms with Gasteiger partial charge in [0.25, 0.3) is 5.91 Å². The van der Waals surface area contributed by atoms with Gasteiger partial charge in [0, 0.05) is 11.4 Å². The Bertz CT molecular complexity index is 269. The summed E-state index contributed by atoms with van der Waals surface area (Å²) in [5, 5.41) is 4.43. The Kier molecular flexibility index (Phi) is 2.99. The third kappa shape index (κ3) is 2.17. The van der Waals surface area contributed by atoms with E-state index in [4.69, 9.17) is 0 Å². The van der Waals surface area contributed by atoms with Crippen molar-refractivity contribution in [2.24, 2.45) is 0 Å². The lowest BCUT2D eigenvalue weighted by atomic mass is 10.3. The molecule has 1 amide bonds. The molecule has 1 heterocycles. The van der Waals surface area contributed by atoms with Gasteiger partial charge in [0.1, 0.15) is 5.69 Å². The monoisotopic (exact) mass is 182 g/mol. The van der Waals surface area contributed by atoms with E-state index in [-0.39, 0.29) is 11.9 Å². The minimum absolute atomic E-state index is 0.0146. The maximum absolute atomic E-state index is 11.3. The van der Waals surface area contributed by atoms with Gasteiger partial charge in [-0.1, -0.05) is 6.08 Å². The molecule has 1 unspecified atom stereocenters. The molecule has 0 bridgehead atoms. The fourth-order valence-electron chi connectivity index (χ4n) is 0.664. The van der Waals surface area contributed by atoms with Crippen LogP contribution in [0.3, 0.4) is 0 Å². The predicted octanol–water partition coefficient (Wildman–Crippen LogP) is 1.45. The summed E-state index contributed by atoms with van der Waals surface area (Å²) in [6, 6.07) is -0.0146. The summed E-state index contributed by atoms with van der Waals surface area (Å²) in [5.74, 6) is -0.149. The van der Waals surface area contributed by atoms with Gasteiger partial charge in [0.05, 0.1) is 5.51 Å². The van der Waals surface area contributed by atoms with E-state index < -0.39 is 0 Å². The summed E-state index contributed by atoms with van der Waals surface area (Å²) in [7, 11) is 0. The van der Waals surface area contributed by atoms with Crippen molar-refractivity contribution in [3.05, 3.63) is 29.2 Å². The second kappa shape index (κ2) is 4.01. The normalized spacial score (nSPS) is 12.1. The van der Waals surface area contributed by atoms with Crippen LogP contribution in [0.1, 0.15) is 17.4 Å². The summed E-state index contributed by atoms with van der Waals surface area (Å²) in [5.41, 5.74) is 2.10. The molecule has 1 aromatic rings. The number of nitrogens with zero attached hydrogens (tertiary/aromatic N) is 1. The largest absolute Gasteiger partial charge is 0.345 e. The second-order valence-corrected chi connectivity index (χ2v) is 3.09. The zero-order valence-electron chi connectivity index (χ0n) is 6.78. The first-order valence-corrected chi connectivity index (χ1v) is 4.50. The van der Waals surface area contributed by atoms with E-state index in [0.717, 1.165) is 0 Å². The van der Waals surface area contributed by atoms with Crippen LogP contribution in [0.2, 0.25) is 0 Å². The molecule has 0 radical (unpaired) electrons. The number of hydrogen-bond acceptors (Lipinski definition) is 3. The molecule has 1 N–H and O–H groups in total. The van der Waals surface area contributed by atoms with Crippen molar-refractivity contribution in [1.29, 1.82) is 0 Å². The van der Waals surface area contributed by atoms with Gasteiger partial charge < -0.3 is 5.32 Å². The number of hydrogen-bond donors (Lipinski definition) is 1. The quantitative estimate of drug-likeness (QED) is 0.719. The lowest BCUT2D eigenvalue weighted by Crippen LogP contribution is -2.30. The summed E-state index contributed by atoms with van der Waals surface area (Å²) in [4.78, 5) is 15.1. The van der Waals surface area contributed by atoms with Gasteiger partial charge >= 0.3 is 0 Å². The smallest absolute Gasteiger partial charge is 0.271 e. The van der Waals surface area contributed by atoms with Gasteiger partial charge in [-0.05, 0) is 6.92 Å². The minimum Gasteiger partial charge on any atom is -0.345 e. The molecule has 0 saturated heterocycles. The lowest BCUT2D eigenvalue weighted by molar-refractivity contribution is 0.0942. The van der Waals surface area contributed by atoms with Gasteiger partial charge in [-0.25, -0.2) is 4.98 Å². The molecule has 0 aliphatic rings. The molecule has 0 spiro atoms. The van der Waals surface area contributed by atoms with Crippen LogP contribution in [0.25, 0.3) is 0 Å². The Labute approximate surface area is 75.1 Å². The van der Waals surface area contributed by atoms with Crippen molar-refractivity contribution in [2.75, 3.05) is 0 Å². The van der Waals surface area contributed by atoms with E-state index in [2.05, 4.69) is 16.9 Å². The van der Waals surface area contributed by atoms with Crippen molar-refractivity contribution < 1.29 is 4.79 Å². The van der Waals surface area contributed by atoms with E-state index in [1.165, 1.54) is 11.3 Å². The Hall–Kier alpha value is -1.16.